The van der Waals surface area contributed by atoms with Gasteiger partial charge >= 0.3 is 0 Å². The highest BCUT2D eigenvalue weighted by Crippen LogP contribution is 2.20. The molecule has 120 valence electrons. The molecule has 1 fully saturated rings. The molecule has 0 radical (unpaired) electrons. The minimum Gasteiger partial charge on any atom is -0.399 e. The lowest BCUT2D eigenvalue weighted by molar-refractivity contribution is -0.412. The Bertz CT molecular complexity index is 772. The Labute approximate surface area is 139 Å². The van der Waals surface area contributed by atoms with Crippen molar-refractivity contribution in [1.29, 1.82) is 0 Å². The highest BCUT2D eigenvalue weighted by molar-refractivity contribution is 6.29. The zero-order valence-corrected chi connectivity index (χ0v) is 13.5. The summed E-state index contributed by atoms with van der Waals surface area (Å²) in [5, 5.41) is 0.431. The van der Waals surface area contributed by atoms with Crippen LogP contribution in [0.25, 0.3) is 16.6 Å². The molecule has 3 heterocycles. The number of nitrogens with zero attached hydrogens (tertiary/aromatic N) is 2. The Morgan fingerprint density at radius 2 is 2.30 bits per heavy atom. The smallest absolute Gasteiger partial charge is 0.171 e. The van der Waals surface area contributed by atoms with Gasteiger partial charge in [0.15, 0.2) is 6.21 Å². The van der Waals surface area contributed by atoms with E-state index in [2.05, 4.69) is 15.0 Å². The van der Waals surface area contributed by atoms with Crippen LogP contribution in [0, 0.1) is 0 Å². The summed E-state index contributed by atoms with van der Waals surface area (Å²) in [6.07, 6.45) is 3.71. The van der Waals surface area contributed by atoms with Gasteiger partial charge in [0.25, 0.3) is 0 Å². The summed E-state index contributed by atoms with van der Waals surface area (Å²) in [5.41, 5.74) is 10.0. The maximum Gasteiger partial charge on any atom is 0.171 e. The van der Waals surface area contributed by atoms with Crippen molar-refractivity contribution >= 4 is 34.4 Å². The SMILES string of the molecule is C[NH+]=CC(=C(N)COC1COC1)c1cnc2ccc(Cl)nc2c1. The zero-order chi connectivity index (χ0) is 16.2. The fourth-order valence-corrected chi connectivity index (χ4v) is 2.38. The molecular weight excluding hydrogens is 316 g/mol. The van der Waals surface area contributed by atoms with Crippen molar-refractivity contribution in [1.82, 2.24) is 9.97 Å². The van der Waals surface area contributed by atoms with Crippen LogP contribution in [-0.4, -0.2) is 49.2 Å². The van der Waals surface area contributed by atoms with Crippen molar-refractivity contribution in [3.63, 3.8) is 0 Å². The normalized spacial score (nSPS) is 16.6. The lowest BCUT2D eigenvalue weighted by Gasteiger charge is -2.26. The number of allylic oxidation sites excluding steroid dienone is 1. The van der Waals surface area contributed by atoms with Crippen LogP contribution in [0.2, 0.25) is 5.15 Å². The highest BCUT2D eigenvalue weighted by atomic mass is 35.5. The van der Waals surface area contributed by atoms with E-state index in [0.717, 1.165) is 22.2 Å². The van der Waals surface area contributed by atoms with E-state index in [1.165, 1.54) is 0 Å². The van der Waals surface area contributed by atoms with Gasteiger partial charge in [-0.1, -0.05) is 11.6 Å². The Morgan fingerprint density at radius 1 is 1.48 bits per heavy atom. The molecule has 23 heavy (non-hydrogen) atoms. The molecule has 2 aromatic rings. The Kier molecular flexibility index (Phi) is 4.85. The molecule has 0 unspecified atom stereocenters. The molecule has 1 aliphatic heterocycles. The van der Waals surface area contributed by atoms with E-state index in [9.17, 15) is 0 Å². The second-order valence-electron chi connectivity index (χ2n) is 5.24. The number of ether oxygens (including phenoxy) is 2. The van der Waals surface area contributed by atoms with Gasteiger partial charge in [0.2, 0.25) is 0 Å². The third-order valence-electron chi connectivity index (χ3n) is 3.53. The maximum atomic E-state index is 6.21. The number of rotatable bonds is 5. The van der Waals surface area contributed by atoms with Crippen LogP contribution in [0.15, 0.2) is 30.1 Å². The maximum absolute atomic E-state index is 6.21. The fourth-order valence-electron chi connectivity index (χ4n) is 2.23. The van der Waals surface area contributed by atoms with E-state index >= 15 is 0 Å². The molecule has 0 spiro atoms. The largest absolute Gasteiger partial charge is 0.399 e. The summed E-state index contributed by atoms with van der Waals surface area (Å²) in [5.74, 6) is 0. The van der Waals surface area contributed by atoms with Crippen molar-refractivity contribution in [2.24, 2.45) is 5.73 Å². The van der Waals surface area contributed by atoms with E-state index in [0.29, 0.717) is 30.7 Å². The molecule has 0 aromatic carbocycles. The molecule has 0 saturated carbocycles. The first-order valence-electron chi connectivity index (χ1n) is 7.28. The molecular formula is C16H18ClN4O2+. The molecule has 3 N–H and O–H groups in total. The number of fused-ring (bicyclic) bond motifs is 1. The first-order valence-corrected chi connectivity index (χ1v) is 7.66. The molecule has 2 aromatic heterocycles. The molecule has 0 amide bonds. The van der Waals surface area contributed by atoms with Gasteiger partial charge in [-0.15, -0.1) is 0 Å². The molecule has 6 nitrogen and oxygen atoms in total. The monoisotopic (exact) mass is 333 g/mol. The topological polar surface area (TPSA) is 84.2 Å². The molecule has 3 rings (SSSR count). The number of hydrogen-bond donors (Lipinski definition) is 2. The van der Waals surface area contributed by atoms with Crippen LogP contribution in [0.1, 0.15) is 5.56 Å². The third kappa shape index (κ3) is 3.67. The molecule has 1 saturated heterocycles. The van der Waals surface area contributed by atoms with Gasteiger partial charge in [-0.3, -0.25) is 9.98 Å². The van der Waals surface area contributed by atoms with E-state index in [4.69, 9.17) is 26.8 Å². The molecule has 1 aliphatic rings. The predicted octanol–water partition coefficient (Wildman–Crippen LogP) is 0.150. The van der Waals surface area contributed by atoms with E-state index < -0.39 is 0 Å². The fraction of sp³-hybridized carbons (Fsp3) is 0.312. The third-order valence-corrected chi connectivity index (χ3v) is 3.74. The second kappa shape index (κ2) is 7.04. The molecule has 0 bridgehead atoms. The predicted molar refractivity (Wildman–Crippen MR) is 89.2 cm³/mol. The second-order valence-corrected chi connectivity index (χ2v) is 5.63. The Hall–Kier alpha value is -2.02. The van der Waals surface area contributed by atoms with Crippen molar-refractivity contribution in [3.8, 4) is 0 Å². The van der Waals surface area contributed by atoms with Crippen LogP contribution >= 0.6 is 11.6 Å². The summed E-state index contributed by atoms with van der Waals surface area (Å²) < 4.78 is 10.8. The lowest BCUT2D eigenvalue weighted by atomic mass is 10.1. The lowest BCUT2D eigenvalue weighted by Crippen LogP contribution is -2.63. The average molecular weight is 334 g/mol. The summed E-state index contributed by atoms with van der Waals surface area (Å²) in [4.78, 5) is 11.7. The van der Waals surface area contributed by atoms with E-state index in [-0.39, 0.29) is 6.10 Å². The molecule has 0 aliphatic carbocycles. The van der Waals surface area contributed by atoms with E-state index in [1.54, 1.807) is 12.3 Å². The molecule has 0 atom stereocenters. The van der Waals surface area contributed by atoms with Gasteiger partial charge < -0.3 is 15.2 Å². The van der Waals surface area contributed by atoms with Crippen molar-refractivity contribution in [2.45, 2.75) is 6.10 Å². The van der Waals surface area contributed by atoms with Crippen molar-refractivity contribution in [3.05, 3.63) is 40.8 Å². The number of aromatic nitrogens is 2. The van der Waals surface area contributed by atoms with Crippen LogP contribution in [0.4, 0.5) is 0 Å². The van der Waals surface area contributed by atoms with Crippen LogP contribution in [0.3, 0.4) is 0 Å². The van der Waals surface area contributed by atoms with Gasteiger partial charge in [-0.05, 0) is 18.2 Å². The van der Waals surface area contributed by atoms with Gasteiger partial charge in [0.1, 0.15) is 18.3 Å². The highest BCUT2D eigenvalue weighted by Gasteiger charge is 2.19. The average Bonchev–Trinajstić information content (AvgIpc) is 2.50. The standard InChI is InChI=1S/C16H17ClN4O2/c1-19-6-12(13(18)9-23-11-7-22-8-11)10-4-15-14(20-5-10)2-3-16(17)21-15/h2-6,11H,7-9,18H2,1H3/p+1. The Morgan fingerprint density at radius 3 is 3.00 bits per heavy atom. The minimum absolute atomic E-state index is 0.125. The van der Waals surface area contributed by atoms with E-state index in [1.807, 2.05) is 25.4 Å². The van der Waals surface area contributed by atoms with Crippen LogP contribution < -0.4 is 10.7 Å². The number of nitrogens with two attached hydrogens (primary N) is 1. The first kappa shape index (κ1) is 15.9. The summed E-state index contributed by atoms with van der Waals surface area (Å²) in [6.45, 7) is 1.58. The first-order chi connectivity index (χ1) is 11.2. The summed E-state index contributed by atoms with van der Waals surface area (Å²) >= 11 is 5.95. The Balaban J connectivity index is 1.92. The zero-order valence-electron chi connectivity index (χ0n) is 12.8. The van der Waals surface area contributed by atoms with Crippen LogP contribution in [0.5, 0.6) is 0 Å². The quantitative estimate of drug-likeness (QED) is 0.601. The number of hydrogen-bond acceptors (Lipinski definition) is 5. The summed E-state index contributed by atoms with van der Waals surface area (Å²) in [6, 6.07) is 5.47. The van der Waals surface area contributed by atoms with Gasteiger partial charge in [0, 0.05) is 17.5 Å². The van der Waals surface area contributed by atoms with Crippen molar-refractivity contribution in [2.75, 3.05) is 26.9 Å². The van der Waals surface area contributed by atoms with Crippen molar-refractivity contribution < 1.29 is 14.5 Å². The van der Waals surface area contributed by atoms with Gasteiger partial charge in [-0.25, -0.2) is 4.98 Å². The molecule has 7 heteroatoms. The number of nitrogens with one attached hydrogen (secondary N) is 1. The van der Waals surface area contributed by atoms with Gasteiger partial charge in [-0.2, -0.15) is 0 Å². The number of halogens is 1. The minimum atomic E-state index is 0.125. The van der Waals surface area contributed by atoms with Gasteiger partial charge in [0.05, 0.1) is 36.4 Å². The number of pyridine rings is 2. The summed E-state index contributed by atoms with van der Waals surface area (Å²) in [7, 11) is 1.82. The van der Waals surface area contributed by atoms with Crippen LogP contribution in [-0.2, 0) is 9.47 Å².